The molecule has 1 N–H and O–H groups in total. The smallest absolute Gasteiger partial charge is 0.308 e. The summed E-state index contributed by atoms with van der Waals surface area (Å²) in [5.41, 5.74) is 6.36. The lowest BCUT2D eigenvalue weighted by atomic mass is 10.1. The maximum Gasteiger partial charge on any atom is 0.308 e. The number of carboxylic acids is 1. The van der Waals surface area contributed by atoms with Gasteiger partial charge in [0.1, 0.15) is 0 Å². The highest BCUT2D eigenvalue weighted by atomic mass is 32.1. The van der Waals surface area contributed by atoms with Crippen LogP contribution in [0.25, 0.3) is 27.5 Å². The number of hydrogen-bond donors (Lipinski definition) is 1. The Hall–Kier alpha value is -2.92. The summed E-state index contributed by atoms with van der Waals surface area (Å²) >= 11 is 1.45. The molecule has 0 aliphatic rings. The Bertz CT molecular complexity index is 1110. The van der Waals surface area contributed by atoms with Crippen LogP contribution in [-0.2, 0) is 17.6 Å². The van der Waals surface area contributed by atoms with E-state index in [2.05, 4.69) is 31.2 Å². The van der Waals surface area contributed by atoms with Crippen molar-refractivity contribution < 1.29 is 9.90 Å². The molecule has 27 heavy (non-hydrogen) atoms. The Balaban J connectivity index is 1.85. The van der Waals surface area contributed by atoms with E-state index in [4.69, 9.17) is 4.98 Å². The number of rotatable bonds is 5. The molecule has 0 atom stereocenters. The first-order valence-electron chi connectivity index (χ1n) is 8.94. The van der Waals surface area contributed by atoms with Crippen LogP contribution in [0, 0.1) is 6.92 Å². The van der Waals surface area contributed by atoms with Crippen LogP contribution in [-0.4, -0.2) is 20.5 Å². The molecule has 5 heteroatoms. The van der Waals surface area contributed by atoms with Gasteiger partial charge in [-0.2, -0.15) is 0 Å². The van der Waals surface area contributed by atoms with E-state index in [1.807, 2.05) is 41.8 Å². The molecule has 2 aromatic heterocycles. The van der Waals surface area contributed by atoms with Gasteiger partial charge in [-0.15, -0.1) is 11.3 Å². The van der Waals surface area contributed by atoms with Crippen molar-refractivity contribution in [2.24, 2.45) is 0 Å². The number of carboxylic acid groups (broad SMARTS) is 1. The summed E-state index contributed by atoms with van der Waals surface area (Å²) in [6.45, 7) is 4.18. The predicted molar refractivity (Wildman–Crippen MR) is 109 cm³/mol. The van der Waals surface area contributed by atoms with Crippen LogP contribution in [0.5, 0.6) is 0 Å². The van der Waals surface area contributed by atoms with Crippen LogP contribution in [0.4, 0.5) is 0 Å². The van der Waals surface area contributed by atoms with E-state index < -0.39 is 5.97 Å². The highest BCUT2D eigenvalue weighted by Crippen LogP contribution is 2.34. The van der Waals surface area contributed by atoms with E-state index in [1.54, 1.807) is 0 Å². The molecule has 2 aromatic carbocycles. The minimum absolute atomic E-state index is 0.00222. The molecule has 2 heterocycles. The number of aliphatic carboxylic acids is 1. The maximum atomic E-state index is 11.3. The number of carbonyl (C=O) groups is 1. The fraction of sp³-hybridized carbons (Fsp3) is 0.182. The normalized spacial score (nSPS) is 11.2. The second-order valence-corrected chi connectivity index (χ2v) is 7.70. The Morgan fingerprint density at radius 2 is 1.74 bits per heavy atom. The first-order valence-corrected chi connectivity index (χ1v) is 9.75. The van der Waals surface area contributed by atoms with E-state index in [1.165, 1.54) is 22.5 Å². The van der Waals surface area contributed by atoms with Crippen LogP contribution < -0.4 is 0 Å². The quantitative estimate of drug-likeness (QED) is 0.519. The first kappa shape index (κ1) is 17.5. The monoisotopic (exact) mass is 376 g/mol. The molecule has 0 aliphatic carbocycles. The summed E-state index contributed by atoms with van der Waals surface area (Å²) in [4.78, 5) is 17.7. The fourth-order valence-corrected chi connectivity index (χ4v) is 4.32. The number of fused-ring (bicyclic) bond motifs is 1. The second kappa shape index (κ2) is 7.00. The number of thiazole rings is 1. The summed E-state index contributed by atoms with van der Waals surface area (Å²) in [7, 11) is 0. The lowest BCUT2D eigenvalue weighted by molar-refractivity contribution is -0.136. The molecule has 0 bridgehead atoms. The average Bonchev–Trinajstić information content (AvgIpc) is 3.20. The summed E-state index contributed by atoms with van der Waals surface area (Å²) < 4.78 is 2.02. The third-order valence-electron chi connectivity index (χ3n) is 4.69. The van der Waals surface area contributed by atoms with Crippen LogP contribution in [0.2, 0.25) is 0 Å². The number of nitrogens with zero attached hydrogens (tertiary/aromatic N) is 2. The summed E-state index contributed by atoms with van der Waals surface area (Å²) in [6, 6.07) is 16.6. The number of hydrogen-bond acceptors (Lipinski definition) is 3. The third kappa shape index (κ3) is 3.38. The van der Waals surface area contributed by atoms with E-state index in [9.17, 15) is 9.90 Å². The third-order valence-corrected chi connectivity index (χ3v) is 5.74. The van der Waals surface area contributed by atoms with E-state index in [0.29, 0.717) is 0 Å². The van der Waals surface area contributed by atoms with Gasteiger partial charge in [0.25, 0.3) is 0 Å². The van der Waals surface area contributed by atoms with Crippen LogP contribution in [0.15, 0.2) is 54.7 Å². The van der Waals surface area contributed by atoms with Gasteiger partial charge >= 0.3 is 5.97 Å². The molecule has 0 unspecified atom stereocenters. The molecule has 4 aromatic rings. The van der Waals surface area contributed by atoms with Gasteiger partial charge in [0.15, 0.2) is 4.96 Å². The summed E-state index contributed by atoms with van der Waals surface area (Å²) in [5, 5.41) is 9.30. The van der Waals surface area contributed by atoms with Crippen molar-refractivity contribution in [2.45, 2.75) is 26.7 Å². The van der Waals surface area contributed by atoms with Crippen LogP contribution in [0.3, 0.4) is 0 Å². The molecular weight excluding hydrogens is 356 g/mol. The molecule has 0 fully saturated rings. The zero-order valence-corrected chi connectivity index (χ0v) is 16.1. The molecule has 4 rings (SSSR count). The number of imidazole rings is 1. The van der Waals surface area contributed by atoms with Gasteiger partial charge in [0, 0.05) is 16.6 Å². The predicted octanol–water partition coefficient (Wildman–Crippen LogP) is 5.23. The standard InChI is InChI=1S/C22H20N2O2S/c1-3-15-6-10-16(11-7-15)18-13-24-21(17-8-4-14(2)5-9-17)19(12-20(25)26)27-22(24)23-18/h4-11,13H,3,12H2,1-2H3,(H,25,26). The van der Waals surface area contributed by atoms with Crippen LogP contribution >= 0.6 is 11.3 Å². The SMILES string of the molecule is CCc1ccc(-c2cn3c(-c4ccc(C)cc4)c(CC(=O)O)sc3n2)cc1. The molecular formula is C22H20N2O2S. The van der Waals surface area contributed by atoms with Gasteiger partial charge in [0.2, 0.25) is 0 Å². The summed E-state index contributed by atoms with van der Waals surface area (Å²) in [6.07, 6.45) is 3.01. The van der Waals surface area contributed by atoms with Crippen molar-refractivity contribution in [1.82, 2.24) is 9.38 Å². The Labute approximate surface area is 161 Å². The van der Waals surface area contributed by atoms with Crippen molar-refractivity contribution in [2.75, 3.05) is 0 Å². The van der Waals surface area contributed by atoms with E-state index in [0.717, 1.165) is 38.8 Å². The lowest BCUT2D eigenvalue weighted by Crippen LogP contribution is -2.00. The average molecular weight is 376 g/mol. The second-order valence-electron chi connectivity index (χ2n) is 6.64. The van der Waals surface area contributed by atoms with Gasteiger partial charge in [-0.3, -0.25) is 9.20 Å². The van der Waals surface area contributed by atoms with Crippen molar-refractivity contribution in [3.05, 3.63) is 70.7 Å². The minimum atomic E-state index is -0.830. The fourth-order valence-electron chi connectivity index (χ4n) is 3.21. The van der Waals surface area contributed by atoms with Gasteiger partial charge in [-0.1, -0.05) is 61.0 Å². The van der Waals surface area contributed by atoms with Gasteiger partial charge in [0.05, 0.1) is 17.8 Å². The Morgan fingerprint density at radius 3 is 2.37 bits per heavy atom. The molecule has 0 spiro atoms. The molecule has 0 radical (unpaired) electrons. The zero-order chi connectivity index (χ0) is 19.0. The zero-order valence-electron chi connectivity index (χ0n) is 15.3. The van der Waals surface area contributed by atoms with Crippen LogP contribution in [0.1, 0.15) is 22.9 Å². The van der Waals surface area contributed by atoms with Gasteiger partial charge < -0.3 is 5.11 Å². The Kier molecular flexibility index (Phi) is 4.54. The number of benzene rings is 2. The van der Waals surface area contributed by atoms with Gasteiger partial charge in [-0.25, -0.2) is 4.98 Å². The maximum absolute atomic E-state index is 11.3. The first-order chi connectivity index (χ1) is 13.0. The molecule has 0 amide bonds. The number of aromatic nitrogens is 2. The molecule has 136 valence electrons. The highest BCUT2D eigenvalue weighted by Gasteiger charge is 2.19. The van der Waals surface area contributed by atoms with Gasteiger partial charge in [-0.05, 0) is 24.5 Å². The van der Waals surface area contributed by atoms with Crippen molar-refractivity contribution in [3.63, 3.8) is 0 Å². The number of aryl methyl sites for hydroxylation is 2. The molecule has 4 nitrogen and oxygen atoms in total. The highest BCUT2D eigenvalue weighted by molar-refractivity contribution is 7.17. The molecule has 0 saturated carbocycles. The summed E-state index contributed by atoms with van der Waals surface area (Å²) in [5.74, 6) is -0.830. The van der Waals surface area contributed by atoms with Crippen molar-refractivity contribution >= 4 is 22.3 Å². The Morgan fingerprint density at radius 1 is 1.07 bits per heavy atom. The molecule has 0 saturated heterocycles. The minimum Gasteiger partial charge on any atom is -0.481 e. The van der Waals surface area contributed by atoms with E-state index >= 15 is 0 Å². The lowest BCUT2D eigenvalue weighted by Gasteiger charge is -2.05. The van der Waals surface area contributed by atoms with Crippen molar-refractivity contribution in [1.29, 1.82) is 0 Å². The van der Waals surface area contributed by atoms with Crippen molar-refractivity contribution in [3.8, 4) is 22.5 Å². The topological polar surface area (TPSA) is 54.6 Å². The largest absolute Gasteiger partial charge is 0.481 e. The molecule has 0 aliphatic heterocycles. The van der Waals surface area contributed by atoms with E-state index in [-0.39, 0.29) is 6.42 Å².